The van der Waals surface area contributed by atoms with Gasteiger partial charge in [0.25, 0.3) is 5.91 Å². The molecule has 0 atom stereocenters. The second-order valence-corrected chi connectivity index (χ2v) is 10.1. The van der Waals surface area contributed by atoms with Crippen molar-refractivity contribution in [1.82, 2.24) is 3.96 Å². The molecule has 9 heteroatoms. The zero-order valence-electron chi connectivity index (χ0n) is 18.5. The third-order valence-electron chi connectivity index (χ3n) is 6.03. The lowest BCUT2D eigenvalue weighted by Gasteiger charge is -2.40. The van der Waals surface area contributed by atoms with Crippen molar-refractivity contribution in [3.8, 4) is 34.7 Å². The molecule has 0 radical (unpaired) electrons. The highest BCUT2D eigenvalue weighted by atomic mass is 35.5. The maximum atomic E-state index is 13.7. The zero-order chi connectivity index (χ0) is 24.4. The van der Waals surface area contributed by atoms with Crippen LogP contribution in [0.1, 0.15) is 31.2 Å². The van der Waals surface area contributed by atoms with Gasteiger partial charge in [0.05, 0.1) is 34.0 Å². The lowest BCUT2D eigenvalue weighted by molar-refractivity contribution is -0.114. The Morgan fingerprint density at radius 3 is 2.44 bits per heavy atom. The summed E-state index contributed by atoms with van der Waals surface area (Å²) in [5, 5.41) is 19.8. The number of benzene rings is 2. The van der Waals surface area contributed by atoms with Gasteiger partial charge in [0, 0.05) is 21.7 Å². The monoisotopic (exact) mass is 504 g/mol. The molecule has 0 aliphatic carbocycles. The zero-order valence-corrected chi connectivity index (χ0v) is 20.9. The van der Waals surface area contributed by atoms with Crippen LogP contribution in [0.15, 0.2) is 42.0 Å². The van der Waals surface area contributed by atoms with E-state index in [1.165, 1.54) is 11.5 Å². The normalized spacial score (nSPS) is 14.8. The van der Waals surface area contributed by atoms with Crippen LogP contribution in [0.3, 0.4) is 0 Å². The van der Waals surface area contributed by atoms with Gasteiger partial charge < -0.3 is 4.74 Å². The first-order chi connectivity index (χ1) is 16.2. The molecule has 3 aromatic rings. The predicted octanol–water partition coefficient (Wildman–Crippen LogP) is 6.38. The summed E-state index contributed by atoms with van der Waals surface area (Å²) in [6.07, 6.45) is 0. The third kappa shape index (κ3) is 2.97. The number of nitriles is 2. The number of carbonyl (C=O) groups is 1. The Hall–Kier alpha value is -3.43. The van der Waals surface area contributed by atoms with Crippen molar-refractivity contribution in [3.05, 3.63) is 62.1 Å². The van der Waals surface area contributed by atoms with Gasteiger partial charge in [-0.25, -0.2) is 0 Å². The number of hydrogen-bond acceptors (Lipinski definition) is 6. The second kappa shape index (κ2) is 7.82. The number of fused-ring (bicyclic) bond motifs is 2. The molecule has 2 aromatic carbocycles. The summed E-state index contributed by atoms with van der Waals surface area (Å²) in [7, 11) is 0. The van der Waals surface area contributed by atoms with Crippen LogP contribution in [-0.4, -0.2) is 16.5 Å². The first-order valence-corrected chi connectivity index (χ1v) is 12.0. The van der Waals surface area contributed by atoms with E-state index in [2.05, 4.69) is 0 Å². The van der Waals surface area contributed by atoms with Gasteiger partial charge in [0.15, 0.2) is 0 Å². The van der Waals surface area contributed by atoms with Crippen molar-refractivity contribution in [2.45, 2.75) is 26.3 Å². The Balaban J connectivity index is 1.89. The van der Waals surface area contributed by atoms with Gasteiger partial charge in [0.1, 0.15) is 28.1 Å². The summed E-state index contributed by atoms with van der Waals surface area (Å²) in [6, 6.07) is 14.8. The van der Waals surface area contributed by atoms with Gasteiger partial charge in [-0.05, 0) is 57.2 Å². The molecule has 0 N–H and O–H groups in total. The smallest absolute Gasteiger partial charge is 0.261 e. The van der Waals surface area contributed by atoms with E-state index in [0.717, 1.165) is 21.7 Å². The minimum atomic E-state index is -0.769. The van der Waals surface area contributed by atoms with Crippen LogP contribution in [0.5, 0.6) is 5.75 Å². The van der Waals surface area contributed by atoms with Crippen molar-refractivity contribution in [3.63, 3.8) is 0 Å². The number of halogens is 1. The van der Waals surface area contributed by atoms with Gasteiger partial charge in [-0.2, -0.15) is 10.5 Å². The molecule has 1 amide bonds. The van der Waals surface area contributed by atoms with Crippen molar-refractivity contribution in [2.75, 3.05) is 11.5 Å². The Labute approximate surface area is 210 Å². The number of anilines is 1. The topological polar surface area (TPSA) is 82.0 Å². The quantitative estimate of drug-likeness (QED) is 0.235. The average Bonchev–Trinajstić information content (AvgIpc) is 3.31. The molecule has 0 saturated carbocycles. The van der Waals surface area contributed by atoms with Crippen LogP contribution in [0.2, 0.25) is 5.02 Å². The van der Waals surface area contributed by atoms with Crippen LogP contribution in [0, 0.1) is 27.3 Å². The molecule has 1 aromatic heterocycles. The van der Waals surface area contributed by atoms with E-state index in [0.29, 0.717) is 33.3 Å². The summed E-state index contributed by atoms with van der Waals surface area (Å²) >= 11 is 13.5. The van der Waals surface area contributed by atoms with Crippen LogP contribution in [0.4, 0.5) is 5.69 Å². The van der Waals surface area contributed by atoms with Gasteiger partial charge in [-0.3, -0.25) is 13.7 Å². The first-order valence-electron chi connectivity index (χ1n) is 10.5. The van der Waals surface area contributed by atoms with E-state index in [1.54, 1.807) is 11.0 Å². The predicted molar refractivity (Wildman–Crippen MR) is 135 cm³/mol. The Morgan fingerprint density at radius 1 is 1.18 bits per heavy atom. The largest absolute Gasteiger partial charge is 0.494 e. The number of nitrogens with zero attached hydrogens (tertiary/aromatic N) is 4. The minimum Gasteiger partial charge on any atom is -0.494 e. The number of rotatable bonds is 3. The molecule has 0 saturated heterocycles. The fraction of sp³-hybridized carbons (Fsp3) is 0.200. The molecule has 2 aliphatic rings. The number of ether oxygens (including phenoxy) is 1. The minimum absolute atomic E-state index is 0.0996. The number of allylic oxidation sites excluding steroid dienone is 1. The van der Waals surface area contributed by atoms with Crippen LogP contribution in [-0.2, 0) is 10.3 Å². The Morgan fingerprint density at radius 2 is 1.82 bits per heavy atom. The van der Waals surface area contributed by atoms with Crippen LogP contribution >= 0.6 is 35.4 Å². The summed E-state index contributed by atoms with van der Waals surface area (Å²) < 4.78 is 8.37. The standard InChI is InChI=1S/C25H17ClN4O2S2/c1-4-32-16-9-17-19(13(11-27)12-28)23(31)29-21(17)18(10-16)20-22(25(29,2)3)34-30(24(20)33)15-7-5-14(26)6-8-15/h5-10H,4H2,1-3H3. The molecule has 0 bridgehead atoms. The van der Waals surface area contributed by atoms with Gasteiger partial charge in [0.2, 0.25) is 0 Å². The summed E-state index contributed by atoms with van der Waals surface area (Å²) in [6.45, 7) is 6.19. The van der Waals surface area contributed by atoms with Gasteiger partial charge in [-0.1, -0.05) is 35.4 Å². The molecule has 0 spiro atoms. The number of carbonyl (C=O) groups excluding carboxylic acids is 1. The molecule has 0 unspecified atom stereocenters. The molecule has 168 valence electrons. The lowest BCUT2D eigenvalue weighted by Crippen LogP contribution is -2.45. The molecule has 3 heterocycles. The molecule has 5 rings (SSSR count). The number of hydrogen-bond donors (Lipinski definition) is 0. The van der Waals surface area contributed by atoms with E-state index in [9.17, 15) is 15.3 Å². The second-order valence-electron chi connectivity index (χ2n) is 8.34. The third-order valence-corrected chi connectivity index (χ3v) is 8.25. The maximum absolute atomic E-state index is 13.7. The van der Waals surface area contributed by atoms with Gasteiger partial charge >= 0.3 is 0 Å². The Kier molecular flexibility index (Phi) is 5.14. The summed E-state index contributed by atoms with van der Waals surface area (Å²) in [5.41, 5.74) is 2.75. The molecule has 6 nitrogen and oxygen atoms in total. The van der Waals surface area contributed by atoms with Crippen LogP contribution < -0.4 is 9.64 Å². The maximum Gasteiger partial charge on any atom is 0.261 e. The Bertz CT molecular complexity index is 1550. The lowest BCUT2D eigenvalue weighted by atomic mass is 9.87. The van der Waals surface area contributed by atoms with Crippen molar-refractivity contribution in [1.29, 1.82) is 10.5 Å². The molecule has 0 fully saturated rings. The fourth-order valence-corrected chi connectivity index (χ4v) is 6.42. The first kappa shape index (κ1) is 22.4. The molecule has 2 aliphatic heterocycles. The molecular formula is C25H17ClN4O2S2. The van der Waals surface area contributed by atoms with Crippen molar-refractivity contribution >= 4 is 52.5 Å². The van der Waals surface area contributed by atoms with E-state index in [1.807, 2.05) is 67.2 Å². The van der Waals surface area contributed by atoms with E-state index < -0.39 is 5.54 Å². The van der Waals surface area contributed by atoms with Gasteiger partial charge in [-0.15, -0.1) is 0 Å². The highest BCUT2D eigenvalue weighted by Crippen LogP contribution is 2.58. The number of aromatic nitrogens is 1. The number of amides is 1. The SMILES string of the molecule is CCOc1cc2c3c(c1)-c1c(sn(-c4ccc(Cl)cc4)c1=S)C(C)(C)N3C(=O)C2=C(C#N)C#N. The average molecular weight is 505 g/mol. The summed E-state index contributed by atoms with van der Waals surface area (Å²) in [5.74, 6) is 0.166. The molecule has 34 heavy (non-hydrogen) atoms. The van der Waals surface area contributed by atoms with E-state index >= 15 is 0 Å². The highest BCUT2D eigenvalue weighted by Gasteiger charge is 2.50. The van der Waals surface area contributed by atoms with Crippen LogP contribution in [0.25, 0.3) is 22.4 Å². The van der Waals surface area contributed by atoms with Crippen molar-refractivity contribution < 1.29 is 9.53 Å². The fourth-order valence-electron chi connectivity index (χ4n) is 4.60. The summed E-state index contributed by atoms with van der Waals surface area (Å²) in [4.78, 5) is 16.3. The van der Waals surface area contributed by atoms with E-state index in [-0.39, 0.29) is 17.1 Å². The highest BCUT2D eigenvalue weighted by molar-refractivity contribution is 7.71. The molecular weight excluding hydrogens is 488 g/mol. The van der Waals surface area contributed by atoms with Crippen molar-refractivity contribution in [2.24, 2.45) is 0 Å². The van der Waals surface area contributed by atoms with E-state index in [4.69, 9.17) is 28.6 Å².